The van der Waals surface area contributed by atoms with Crippen molar-refractivity contribution in [2.24, 2.45) is 17.8 Å². The summed E-state index contributed by atoms with van der Waals surface area (Å²) >= 11 is 0. The monoisotopic (exact) mass is 352 g/mol. The van der Waals surface area contributed by atoms with E-state index >= 15 is 0 Å². The minimum Gasteiger partial charge on any atom is -0.481 e. The van der Waals surface area contributed by atoms with Crippen molar-refractivity contribution in [3.8, 4) is 11.4 Å². The van der Waals surface area contributed by atoms with Crippen LogP contribution < -0.4 is 0 Å². The average Bonchev–Trinajstić information content (AvgIpc) is 3.39. The molecule has 0 radical (unpaired) electrons. The van der Waals surface area contributed by atoms with Gasteiger partial charge in [0.2, 0.25) is 0 Å². The topological polar surface area (TPSA) is 96.3 Å². The molecule has 7 nitrogen and oxygen atoms in total. The van der Waals surface area contributed by atoms with Crippen LogP contribution >= 0.6 is 0 Å². The molecule has 1 aliphatic carbocycles. The van der Waals surface area contributed by atoms with Crippen LogP contribution in [0.25, 0.3) is 11.4 Å². The molecule has 0 bridgehead atoms. The lowest BCUT2D eigenvalue weighted by Crippen LogP contribution is -2.30. The maximum Gasteiger partial charge on any atom is 0.308 e. The molecule has 2 aliphatic rings. The van der Waals surface area contributed by atoms with Crippen LogP contribution in [0.5, 0.6) is 0 Å². The second kappa shape index (κ2) is 6.48. The zero-order valence-electron chi connectivity index (χ0n) is 14.5. The Kier molecular flexibility index (Phi) is 4.14. The number of aryl methyl sites for hydroxylation is 1. The molecule has 7 heteroatoms. The quantitative estimate of drug-likeness (QED) is 0.904. The third-order valence-electron chi connectivity index (χ3n) is 5.33. The first-order chi connectivity index (χ1) is 12.5. The van der Waals surface area contributed by atoms with Gasteiger partial charge in [-0.2, -0.15) is 0 Å². The first-order valence-electron chi connectivity index (χ1n) is 8.80. The molecule has 0 spiro atoms. The number of rotatable bonds is 4. The average molecular weight is 352 g/mol. The summed E-state index contributed by atoms with van der Waals surface area (Å²) in [6, 6.07) is 3.67. The molecule has 4 rings (SSSR count). The molecule has 2 fully saturated rings. The number of carboxylic acid groups (broad SMARTS) is 1. The van der Waals surface area contributed by atoms with Crippen molar-refractivity contribution < 1.29 is 14.7 Å². The zero-order valence-corrected chi connectivity index (χ0v) is 14.5. The summed E-state index contributed by atoms with van der Waals surface area (Å²) in [5.74, 6) is -0.437. The predicted molar refractivity (Wildman–Crippen MR) is 93.2 cm³/mol. The third-order valence-corrected chi connectivity index (χ3v) is 5.33. The number of amides is 1. The standard InChI is InChI=1S/C19H20N4O3/c1-11-14(8-21-17(22-11)13-3-2-6-20-7-13)18(24)23-9-15(12-4-5-12)16(10-23)19(25)26/h2-3,6-8,12,15-16H,4-5,9-10H2,1H3,(H,25,26)/t15-,16+/m0/s1. The highest BCUT2D eigenvalue weighted by molar-refractivity contribution is 5.95. The van der Waals surface area contributed by atoms with Crippen molar-refractivity contribution >= 4 is 11.9 Å². The second-order valence-corrected chi connectivity index (χ2v) is 7.09. The van der Waals surface area contributed by atoms with Crippen molar-refractivity contribution in [3.05, 3.63) is 42.0 Å². The summed E-state index contributed by atoms with van der Waals surface area (Å²) in [5, 5.41) is 9.48. The molecule has 2 aromatic heterocycles. The molecule has 1 N–H and O–H groups in total. The van der Waals surface area contributed by atoms with Gasteiger partial charge in [0.05, 0.1) is 17.2 Å². The number of carbonyl (C=O) groups excluding carboxylic acids is 1. The van der Waals surface area contributed by atoms with E-state index in [9.17, 15) is 14.7 Å². The Bertz CT molecular complexity index is 851. The molecular formula is C19H20N4O3. The maximum absolute atomic E-state index is 12.9. The van der Waals surface area contributed by atoms with Gasteiger partial charge in [0.1, 0.15) is 0 Å². The van der Waals surface area contributed by atoms with Crippen LogP contribution in [0, 0.1) is 24.7 Å². The molecule has 0 aromatic carbocycles. The lowest BCUT2D eigenvalue weighted by Gasteiger charge is -2.17. The van der Waals surface area contributed by atoms with Gasteiger partial charge < -0.3 is 10.0 Å². The van der Waals surface area contributed by atoms with Crippen LogP contribution in [-0.4, -0.2) is 49.9 Å². The van der Waals surface area contributed by atoms with E-state index in [2.05, 4.69) is 15.0 Å². The van der Waals surface area contributed by atoms with E-state index in [1.807, 2.05) is 6.07 Å². The minimum atomic E-state index is -0.808. The van der Waals surface area contributed by atoms with Crippen molar-refractivity contribution in [3.63, 3.8) is 0 Å². The Morgan fingerprint density at radius 1 is 1.23 bits per heavy atom. The highest BCUT2D eigenvalue weighted by atomic mass is 16.4. The van der Waals surface area contributed by atoms with Crippen molar-refractivity contribution in [1.82, 2.24) is 19.9 Å². The smallest absolute Gasteiger partial charge is 0.308 e. The summed E-state index contributed by atoms with van der Waals surface area (Å²) < 4.78 is 0. The number of carbonyl (C=O) groups is 2. The minimum absolute atomic E-state index is 0.0624. The van der Waals surface area contributed by atoms with Crippen LogP contribution in [0.4, 0.5) is 0 Å². The molecule has 3 heterocycles. The van der Waals surface area contributed by atoms with Crippen LogP contribution in [0.2, 0.25) is 0 Å². The van der Waals surface area contributed by atoms with Gasteiger partial charge in [-0.05, 0) is 43.7 Å². The molecule has 1 amide bonds. The predicted octanol–water partition coefficient (Wildman–Crippen LogP) is 2.03. The molecule has 26 heavy (non-hydrogen) atoms. The molecule has 2 atom stereocenters. The lowest BCUT2D eigenvalue weighted by atomic mass is 9.92. The molecule has 2 aromatic rings. The van der Waals surface area contributed by atoms with Crippen LogP contribution in [-0.2, 0) is 4.79 Å². The van der Waals surface area contributed by atoms with Crippen molar-refractivity contribution in [1.29, 1.82) is 0 Å². The molecule has 0 unspecified atom stereocenters. The summed E-state index contributed by atoms with van der Waals surface area (Å²) in [7, 11) is 0. The first kappa shape index (κ1) is 16.6. The molecular weight excluding hydrogens is 332 g/mol. The van der Waals surface area contributed by atoms with Crippen LogP contribution in [0.1, 0.15) is 28.9 Å². The number of hydrogen-bond acceptors (Lipinski definition) is 5. The number of likely N-dealkylation sites (tertiary alicyclic amines) is 1. The molecule has 1 saturated carbocycles. The number of pyridine rings is 1. The van der Waals surface area contributed by atoms with Crippen LogP contribution in [0.3, 0.4) is 0 Å². The van der Waals surface area contributed by atoms with Gasteiger partial charge >= 0.3 is 5.97 Å². The van der Waals surface area contributed by atoms with Gasteiger partial charge in [-0.1, -0.05) is 0 Å². The number of carboxylic acids is 1. The SMILES string of the molecule is Cc1nc(-c2cccnc2)ncc1C(=O)N1C[C@@H](C(=O)O)[C@H](C2CC2)C1. The Morgan fingerprint density at radius 3 is 2.65 bits per heavy atom. The summed E-state index contributed by atoms with van der Waals surface area (Å²) in [6.45, 7) is 2.54. The number of aliphatic carboxylic acids is 1. The van der Waals surface area contributed by atoms with E-state index < -0.39 is 11.9 Å². The van der Waals surface area contributed by atoms with E-state index in [1.165, 1.54) is 6.20 Å². The molecule has 134 valence electrons. The number of aromatic nitrogens is 3. The summed E-state index contributed by atoms with van der Waals surface area (Å²) in [5.41, 5.74) is 1.80. The van der Waals surface area contributed by atoms with Gasteiger partial charge in [-0.25, -0.2) is 9.97 Å². The lowest BCUT2D eigenvalue weighted by molar-refractivity contribution is -0.142. The highest BCUT2D eigenvalue weighted by Gasteiger charge is 2.47. The second-order valence-electron chi connectivity index (χ2n) is 7.09. The van der Waals surface area contributed by atoms with Gasteiger partial charge in [0.15, 0.2) is 5.82 Å². The highest BCUT2D eigenvalue weighted by Crippen LogP contribution is 2.44. The van der Waals surface area contributed by atoms with E-state index in [4.69, 9.17) is 0 Å². The van der Waals surface area contributed by atoms with Crippen LogP contribution in [0.15, 0.2) is 30.7 Å². The van der Waals surface area contributed by atoms with Gasteiger partial charge in [-0.3, -0.25) is 14.6 Å². The van der Waals surface area contributed by atoms with Crippen molar-refractivity contribution in [2.75, 3.05) is 13.1 Å². The fourth-order valence-electron chi connectivity index (χ4n) is 3.74. The summed E-state index contributed by atoms with van der Waals surface area (Å²) in [4.78, 5) is 38.9. The third kappa shape index (κ3) is 3.05. The van der Waals surface area contributed by atoms with E-state index in [0.717, 1.165) is 18.4 Å². The summed E-state index contributed by atoms with van der Waals surface area (Å²) in [6.07, 6.45) is 7.02. The van der Waals surface area contributed by atoms with Gasteiger partial charge in [-0.15, -0.1) is 0 Å². The fourth-order valence-corrected chi connectivity index (χ4v) is 3.74. The van der Waals surface area contributed by atoms with E-state index in [-0.39, 0.29) is 18.4 Å². The Hall–Kier alpha value is -2.83. The molecule has 1 aliphatic heterocycles. The Labute approximate surface area is 151 Å². The van der Waals surface area contributed by atoms with Gasteiger partial charge in [0.25, 0.3) is 5.91 Å². The molecule has 1 saturated heterocycles. The van der Waals surface area contributed by atoms with E-state index in [1.54, 1.807) is 30.3 Å². The first-order valence-corrected chi connectivity index (χ1v) is 8.80. The number of nitrogens with zero attached hydrogens (tertiary/aromatic N) is 4. The maximum atomic E-state index is 12.9. The van der Waals surface area contributed by atoms with Gasteiger partial charge in [0, 0.05) is 37.2 Å². The Balaban J connectivity index is 1.56. The van der Waals surface area contributed by atoms with E-state index in [0.29, 0.717) is 29.5 Å². The fraction of sp³-hybridized carbons (Fsp3) is 0.421. The largest absolute Gasteiger partial charge is 0.481 e. The normalized spacial score (nSPS) is 22.4. The Morgan fingerprint density at radius 2 is 2.04 bits per heavy atom. The number of hydrogen-bond donors (Lipinski definition) is 1. The zero-order chi connectivity index (χ0) is 18.3. The van der Waals surface area contributed by atoms with Crippen molar-refractivity contribution in [2.45, 2.75) is 19.8 Å².